The van der Waals surface area contributed by atoms with E-state index in [4.69, 9.17) is 5.73 Å². The van der Waals surface area contributed by atoms with Gasteiger partial charge in [0.25, 0.3) is 0 Å². The molecule has 0 aromatic heterocycles. The summed E-state index contributed by atoms with van der Waals surface area (Å²) in [4.78, 5) is 9.60. The molecule has 74 valence electrons. The SMILES string of the molecule is C=CC(N)c1ccc(F)c([N+](=O)[O-])c1. The largest absolute Gasteiger partial charge is 0.321 e. The van der Waals surface area contributed by atoms with Gasteiger partial charge in [0.1, 0.15) is 0 Å². The molecule has 5 heteroatoms. The number of nitro benzene ring substituents is 1. The van der Waals surface area contributed by atoms with Gasteiger partial charge in [0.2, 0.25) is 5.82 Å². The maximum atomic E-state index is 12.9. The Balaban J connectivity index is 3.19. The van der Waals surface area contributed by atoms with Crippen LogP contribution >= 0.6 is 0 Å². The smallest absolute Gasteiger partial charge is 0.305 e. The van der Waals surface area contributed by atoms with Crippen molar-refractivity contribution in [1.82, 2.24) is 0 Å². The first-order valence-electron chi connectivity index (χ1n) is 3.88. The molecule has 4 nitrogen and oxygen atoms in total. The van der Waals surface area contributed by atoms with Gasteiger partial charge in [0.05, 0.1) is 4.92 Å². The molecule has 0 saturated carbocycles. The van der Waals surface area contributed by atoms with E-state index in [-0.39, 0.29) is 0 Å². The van der Waals surface area contributed by atoms with Crippen molar-refractivity contribution < 1.29 is 9.31 Å². The van der Waals surface area contributed by atoms with E-state index in [1.165, 1.54) is 12.1 Å². The fourth-order valence-corrected chi connectivity index (χ4v) is 1.01. The number of hydrogen-bond acceptors (Lipinski definition) is 3. The zero-order valence-corrected chi connectivity index (χ0v) is 7.31. The van der Waals surface area contributed by atoms with Crippen molar-refractivity contribution in [2.45, 2.75) is 6.04 Å². The minimum atomic E-state index is -0.866. The lowest BCUT2D eigenvalue weighted by molar-refractivity contribution is -0.387. The average molecular weight is 196 g/mol. The molecule has 0 aliphatic heterocycles. The summed E-state index contributed by atoms with van der Waals surface area (Å²) in [5.74, 6) is -0.866. The topological polar surface area (TPSA) is 69.2 Å². The van der Waals surface area contributed by atoms with Crippen LogP contribution < -0.4 is 5.73 Å². The van der Waals surface area contributed by atoms with Gasteiger partial charge in [-0.2, -0.15) is 4.39 Å². The third-order valence-electron chi connectivity index (χ3n) is 1.81. The molecule has 0 spiro atoms. The van der Waals surface area contributed by atoms with Gasteiger partial charge in [0.15, 0.2) is 0 Å². The molecule has 14 heavy (non-hydrogen) atoms. The molecule has 1 aromatic rings. The second-order valence-electron chi connectivity index (χ2n) is 2.73. The number of nitrogens with zero attached hydrogens (tertiary/aromatic N) is 1. The molecule has 0 bridgehead atoms. The monoisotopic (exact) mass is 196 g/mol. The number of nitro groups is 1. The van der Waals surface area contributed by atoms with Gasteiger partial charge in [-0.1, -0.05) is 12.1 Å². The zero-order valence-electron chi connectivity index (χ0n) is 7.31. The third kappa shape index (κ3) is 1.94. The predicted molar refractivity (Wildman–Crippen MR) is 50.2 cm³/mol. The summed E-state index contributed by atoms with van der Waals surface area (Å²) < 4.78 is 12.9. The van der Waals surface area contributed by atoms with Gasteiger partial charge in [0, 0.05) is 12.1 Å². The van der Waals surface area contributed by atoms with Crippen LogP contribution in [0.25, 0.3) is 0 Å². The molecule has 0 fully saturated rings. The number of benzene rings is 1. The van der Waals surface area contributed by atoms with Crippen LogP contribution in [-0.2, 0) is 0 Å². The van der Waals surface area contributed by atoms with Gasteiger partial charge in [-0.15, -0.1) is 6.58 Å². The standard InChI is InChI=1S/C9H9FN2O2/c1-2-8(11)6-3-4-7(10)9(5-6)12(13)14/h2-5,8H,1,11H2. The summed E-state index contributed by atoms with van der Waals surface area (Å²) in [5, 5.41) is 10.4. The first kappa shape index (κ1) is 10.3. The zero-order chi connectivity index (χ0) is 10.7. The van der Waals surface area contributed by atoms with E-state index < -0.39 is 22.5 Å². The summed E-state index contributed by atoms with van der Waals surface area (Å²) in [5.41, 5.74) is 5.45. The molecule has 2 N–H and O–H groups in total. The van der Waals surface area contributed by atoms with Crippen LogP contribution in [0, 0.1) is 15.9 Å². The van der Waals surface area contributed by atoms with E-state index >= 15 is 0 Å². The fraction of sp³-hybridized carbons (Fsp3) is 0.111. The fourth-order valence-electron chi connectivity index (χ4n) is 1.01. The summed E-state index contributed by atoms with van der Waals surface area (Å²) in [6.45, 7) is 3.45. The first-order valence-corrected chi connectivity index (χ1v) is 3.88. The van der Waals surface area contributed by atoms with E-state index in [9.17, 15) is 14.5 Å². The molecule has 1 rings (SSSR count). The Labute approximate surface area is 80.0 Å². The van der Waals surface area contributed by atoms with Crippen molar-refractivity contribution in [2.24, 2.45) is 5.73 Å². The number of hydrogen-bond donors (Lipinski definition) is 1. The Morgan fingerprint density at radius 2 is 2.29 bits per heavy atom. The molecular weight excluding hydrogens is 187 g/mol. The maximum absolute atomic E-state index is 12.9. The van der Waals surface area contributed by atoms with E-state index in [1.807, 2.05) is 0 Å². The van der Waals surface area contributed by atoms with Crippen LogP contribution in [0.4, 0.5) is 10.1 Å². The van der Waals surface area contributed by atoms with Crippen LogP contribution in [0.2, 0.25) is 0 Å². The van der Waals surface area contributed by atoms with Crippen molar-refractivity contribution in [3.63, 3.8) is 0 Å². The Bertz CT molecular complexity index is 379. The third-order valence-corrected chi connectivity index (χ3v) is 1.81. The van der Waals surface area contributed by atoms with E-state index in [0.29, 0.717) is 5.56 Å². The lowest BCUT2D eigenvalue weighted by Crippen LogP contribution is -2.07. The molecule has 0 heterocycles. The maximum Gasteiger partial charge on any atom is 0.305 e. The number of rotatable bonds is 3. The summed E-state index contributed by atoms with van der Waals surface area (Å²) in [6, 6.07) is 3.02. The van der Waals surface area contributed by atoms with Crippen LogP contribution in [0.1, 0.15) is 11.6 Å². The lowest BCUT2D eigenvalue weighted by atomic mass is 10.1. The Morgan fingerprint density at radius 3 is 2.79 bits per heavy atom. The molecule has 1 unspecified atom stereocenters. The summed E-state index contributed by atoms with van der Waals surface area (Å²) >= 11 is 0. The van der Waals surface area contributed by atoms with Crippen molar-refractivity contribution >= 4 is 5.69 Å². The van der Waals surface area contributed by atoms with Crippen LogP contribution in [0.3, 0.4) is 0 Å². The van der Waals surface area contributed by atoms with E-state index in [2.05, 4.69) is 6.58 Å². The quantitative estimate of drug-likeness (QED) is 0.456. The molecule has 0 radical (unpaired) electrons. The highest BCUT2D eigenvalue weighted by Gasteiger charge is 2.15. The highest BCUT2D eigenvalue weighted by molar-refractivity contribution is 5.38. The molecule has 1 aromatic carbocycles. The van der Waals surface area contributed by atoms with Crippen molar-refractivity contribution in [3.8, 4) is 0 Å². The van der Waals surface area contributed by atoms with Crippen molar-refractivity contribution in [3.05, 3.63) is 52.3 Å². The van der Waals surface area contributed by atoms with Gasteiger partial charge in [-0.05, 0) is 11.6 Å². The predicted octanol–water partition coefficient (Wildman–Crippen LogP) is 1.92. The van der Waals surface area contributed by atoms with Gasteiger partial charge in [-0.25, -0.2) is 0 Å². The highest BCUT2D eigenvalue weighted by atomic mass is 19.1. The molecule has 0 amide bonds. The summed E-state index contributed by atoms with van der Waals surface area (Å²) in [6.07, 6.45) is 1.43. The van der Waals surface area contributed by atoms with E-state index in [0.717, 1.165) is 12.1 Å². The molecule has 0 saturated heterocycles. The van der Waals surface area contributed by atoms with Crippen LogP contribution in [0.5, 0.6) is 0 Å². The minimum Gasteiger partial charge on any atom is -0.321 e. The second-order valence-corrected chi connectivity index (χ2v) is 2.73. The van der Waals surface area contributed by atoms with Crippen LogP contribution in [-0.4, -0.2) is 4.92 Å². The van der Waals surface area contributed by atoms with Gasteiger partial charge in [-0.3, -0.25) is 10.1 Å². The van der Waals surface area contributed by atoms with Gasteiger partial charge >= 0.3 is 5.69 Å². The van der Waals surface area contributed by atoms with Crippen molar-refractivity contribution in [2.75, 3.05) is 0 Å². The first-order chi connectivity index (χ1) is 6.56. The molecule has 0 aliphatic carbocycles. The normalized spacial score (nSPS) is 12.1. The van der Waals surface area contributed by atoms with Gasteiger partial charge < -0.3 is 5.73 Å². The Morgan fingerprint density at radius 1 is 1.64 bits per heavy atom. The number of nitrogens with two attached hydrogens (primary N) is 1. The molecular formula is C9H9FN2O2. The lowest BCUT2D eigenvalue weighted by Gasteiger charge is -2.05. The van der Waals surface area contributed by atoms with Crippen molar-refractivity contribution in [1.29, 1.82) is 0 Å². The molecule has 0 aliphatic rings. The number of halogens is 1. The Hall–Kier alpha value is -1.75. The average Bonchev–Trinajstić information content (AvgIpc) is 2.17. The Kier molecular flexibility index (Phi) is 2.93. The van der Waals surface area contributed by atoms with E-state index in [1.54, 1.807) is 0 Å². The van der Waals surface area contributed by atoms with Crippen LogP contribution in [0.15, 0.2) is 30.9 Å². The minimum absolute atomic E-state index is 0.466. The second kappa shape index (κ2) is 3.97. The highest BCUT2D eigenvalue weighted by Crippen LogP contribution is 2.21. The summed E-state index contributed by atoms with van der Waals surface area (Å²) in [7, 11) is 0. The molecule has 1 atom stereocenters.